The Hall–Kier alpha value is -2.15. The average molecular weight is 330 g/mol. The van der Waals surface area contributed by atoms with Crippen LogP contribution in [-0.4, -0.2) is 37.9 Å². The first kappa shape index (κ1) is 15.4. The highest BCUT2D eigenvalue weighted by atomic mass is 16.3. The monoisotopic (exact) mass is 330 g/mol. The van der Waals surface area contributed by atoms with Crippen LogP contribution in [0.1, 0.15) is 60.5 Å². The molecule has 2 aliphatic rings. The molecule has 0 radical (unpaired) electrons. The summed E-state index contributed by atoms with van der Waals surface area (Å²) in [5.74, 6) is 0.0614. The number of carbonyl (C=O) groups is 1. The predicted octanol–water partition coefficient (Wildman–Crippen LogP) is 1.17. The van der Waals surface area contributed by atoms with E-state index in [4.69, 9.17) is 0 Å². The van der Waals surface area contributed by atoms with Gasteiger partial charge in [-0.2, -0.15) is 0 Å². The third-order valence-corrected chi connectivity index (χ3v) is 5.19. The molecule has 2 aliphatic carbocycles. The van der Waals surface area contributed by atoms with E-state index in [1.54, 1.807) is 17.8 Å². The lowest BCUT2D eigenvalue weighted by molar-refractivity contribution is 0.0450. The van der Waals surface area contributed by atoms with E-state index >= 15 is 0 Å². The van der Waals surface area contributed by atoms with Crippen LogP contribution in [0, 0.1) is 0 Å². The molecule has 0 spiro atoms. The Kier molecular flexibility index (Phi) is 3.49. The van der Waals surface area contributed by atoms with Gasteiger partial charge >= 0.3 is 0 Å². The molecule has 0 atom stereocenters. The highest BCUT2D eigenvalue weighted by Crippen LogP contribution is 2.40. The number of aromatic amines is 1. The standard InChI is InChI=1S/C17H22N4O3/c1-21-14-13(16(23)20-21)11(8-12(19-14)10-4-5-10)15(22)18-9-17(24)6-2-3-7-17/h8,10,24H,2-7,9H2,1H3,(H,18,22)(H,20,23). The van der Waals surface area contributed by atoms with Crippen LogP contribution in [0.4, 0.5) is 0 Å². The van der Waals surface area contributed by atoms with Crippen LogP contribution in [-0.2, 0) is 7.05 Å². The SMILES string of the molecule is Cn1[nH]c(=O)c2c(C(=O)NCC3(O)CCCC3)cc(C3CC3)nc21. The van der Waals surface area contributed by atoms with E-state index in [9.17, 15) is 14.7 Å². The summed E-state index contributed by atoms with van der Waals surface area (Å²) in [6, 6.07) is 1.74. The minimum absolute atomic E-state index is 0.221. The van der Waals surface area contributed by atoms with Crippen LogP contribution in [0.25, 0.3) is 11.0 Å². The molecule has 2 aromatic heterocycles. The molecule has 24 heavy (non-hydrogen) atoms. The summed E-state index contributed by atoms with van der Waals surface area (Å²) in [5, 5.41) is 16.2. The number of aliphatic hydroxyl groups is 1. The maximum Gasteiger partial charge on any atom is 0.274 e. The van der Waals surface area contributed by atoms with Crippen molar-refractivity contribution in [2.75, 3.05) is 6.54 Å². The Balaban J connectivity index is 1.69. The number of aromatic nitrogens is 3. The lowest BCUT2D eigenvalue weighted by Crippen LogP contribution is -2.41. The quantitative estimate of drug-likeness (QED) is 0.783. The Morgan fingerprint density at radius 3 is 2.83 bits per heavy atom. The molecule has 128 valence electrons. The maximum atomic E-state index is 12.7. The van der Waals surface area contributed by atoms with Crippen molar-refractivity contribution in [3.05, 3.63) is 27.7 Å². The van der Waals surface area contributed by atoms with E-state index in [0.29, 0.717) is 35.4 Å². The van der Waals surface area contributed by atoms with E-state index in [0.717, 1.165) is 31.4 Å². The summed E-state index contributed by atoms with van der Waals surface area (Å²) in [7, 11) is 1.72. The van der Waals surface area contributed by atoms with Gasteiger partial charge in [-0.1, -0.05) is 12.8 Å². The number of fused-ring (bicyclic) bond motifs is 1. The molecule has 2 fully saturated rings. The van der Waals surface area contributed by atoms with E-state index < -0.39 is 5.60 Å². The van der Waals surface area contributed by atoms with Crippen LogP contribution in [0.15, 0.2) is 10.9 Å². The van der Waals surface area contributed by atoms with Gasteiger partial charge in [0.15, 0.2) is 5.65 Å². The Labute approximate surface area is 139 Å². The smallest absolute Gasteiger partial charge is 0.274 e. The largest absolute Gasteiger partial charge is 0.388 e. The second kappa shape index (κ2) is 5.44. The van der Waals surface area contributed by atoms with Crippen molar-refractivity contribution < 1.29 is 9.90 Å². The summed E-state index contributed by atoms with van der Waals surface area (Å²) in [6.07, 6.45) is 5.51. The molecule has 2 saturated carbocycles. The minimum atomic E-state index is -0.815. The van der Waals surface area contributed by atoms with E-state index in [2.05, 4.69) is 15.4 Å². The number of hydrogen-bond donors (Lipinski definition) is 3. The third kappa shape index (κ3) is 2.62. The first-order valence-electron chi connectivity index (χ1n) is 8.57. The lowest BCUT2D eigenvalue weighted by atomic mass is 10.0. The highest BCUT2D eigenvalue weighted by molar-refractivity contribution is 6.05. The van der Waals surface area contributed by atoms with Crippen molar-refractivity contribution in [3.8, 4) is 0 Å². The zero-order valence-electron chi connectivity index (χ0n) is 13.8. The molecule has 0 aliphatic heterocycles. The molecule has 2 heterocycles. The number of H-pyrrole nitrogens is 1. The van der Waals surface area contributed by atoms with Crippen LogP contribution in [0.2, 0.25) is 0 Å². The normalized spacial score (nSPS) is 19.8. The van der Waals surface area contributed by atoms with E-state index in [-0.39, 0.29) is 18.0 Å². The van der Waals surface area contributed by atoms with Gasteiger partial charge in [0.2, 0.25) is 0 Å². The summed E-state index contributed by atoms with van der Waals surface area (Å²) in [6.45, 7) is 0.221. The number of pyridine rings is 1. The van der Waals surface area contributed by atoms with Crippen molar-refractivity contribution in [1.82, 2.24) is 20.1 Å². The van der Waals surface area contributed by atoms with Crippen LogP contribution in [0.5, 0.6) is 0 Å². The van der Waals surface area contributed by atoms with E-state index in [1.807, 2.05) is 0 Å². The first-order valence-corrected chi connectivity index (χ1v) is 8.57. The minimum Gasteiger partial charge on any atom is -0.388 e. The average Bonchev–Trinajstić information content (AvgIpc) is 3.26. The fraction of sp³-hybridized carbons (Fsp3) is 0.588. The summed E-state index contributed by atoms with van der Waals surface area (Å²) < 4.78 is 1.56. The predicted molar refractivity (Wildman–Crippen MR) is 89.1 cm³/mol. The van der Waals surface area contributed by atoms with E-state index in [1.165, 1.54) is 0 Å². The molecule has 0 bridgehead atoms. The number of nitrogens with zero attached hydrogens (tertiary/aromatic N) is 2. The molecular formula is C17H22N4O3. The molecule has 0 unspecified atom stereocenters. The molecule has 3 N–H and O–H groups in total. The topological polar surface area (TPSA) is 100 Å². The van der Waals surface area contributed by atoms with Gasteiger partial charge in [-0.25, -0.2) is 4.98 Å². The summed E-state index contributed by atoms with van der Waals surface area (Å²) in [4.78, 5) is 29.5. The number of rotatable bonds is 4. The molecule has 2 aromatic rings. The number of carbonyl (C=O) groups excluding carboxylic acids is 1. The second-order valence-corrected chi connectivity index (χ2v) is 7.18. The Bertz CT molecular complexity index is 857. The summed E-state index contributed by atoms with van der Waals surface area (Å²) in [5.41, 5.74) is 0.595. The second-order valence-electron chi connectivity index (χ2n) is 7.18. The molecule has 4 rings (SSSR count). The van der Waals surface area contributed by atoms with Crippen molar-refractivity contribution in [1.29, 1.82) is 0 Å². The highest BCUT2D eigenvalue weighted by Gasteiger charge is 2.32. The maximum absolute atomic E-state index is 12.7. The van der Waals surface area contributed by atoms with Gasteiger partial charge in [-0.3, -0.25) is 19.4 Å². The molecule has 1 amide bonds. The van der Waals surface area contributed by atoms with Crippen LogP contribution in [0.3, 0.4) is 0 Å². The van der Waals surface area contributed by atoms with Crippen LogP contribution < -0.4 is 10.9 Å². The number of nitrogens with one attached hydrogen (secondary N) is 2. The lowest BCUT2D eigenvalue weighted by Gasteiger charge is -2.22. The van der Waals surface area contributed by atoms with Gasteiger partial charge in [0, 0.05) is 25.2 Å². The zero-order chi connectivity index (χ0) is 16.9. The molecule has 0 aromatic carbocycles. The fourth-order valence-electron chi connectivity index (χ4n) is 3.60. The number of aryl methyl sites for hydroxylation is 1. The number of hydrogen-bond acceptors (Lipinski definition) is 4. The summed E-state index contributed by atoms with van der Waals surface area (Å²) >= 11 is 0. The molecule has 0 saturated heterocycles. The third-order valence-electron chi connectivity index (χ3n) is 5.19. The van der Waals surface area contributed by atoms with Gasteiger partial charge in [0.05, 0.1) is 16.6 Å². The van der Waals surface area contributed by atoms with Gasteiger partial charge in [-0.05, 0) is 31.7 Å². The van der Waals surface area contributed by atoms with Gasteiger partial charge in [0.1, 0.15) is 0 Å². The molecule has 7 heteroatoms. The number of amides is 1. The van der Waals surface area contributed by atoms with Gasteiger partial charge in [-0.15, -0.1) is 0 Å². The van der Waals surface area contributed by atoms with Gasteiger partial charge < -0.3 is 10.4 Å². The van der Waals surface area contributed by atoms with Crippen molar-refractivity contribution >= 4 is 16.9 Å². The zero-order valence-corrected chi connectivity index (χ0v) is 13.8. The van der Waals surface area contributed by atoms with Crippen LogP contribution >= 0.6 is 0 Å². The van der Waals surface area contributed by atoms with Crippen molar-refractivity contribution in [2.24, 2.45) is 7.05 Å². The Morgan fingerprint density at radius 2 is 2.17 bits per heavy atom. The molecular weight excluding hydrogens is 308 g/mol. The van der Waals surface area contributed by atoms with Crippen molar-refractivity contribution in [2.45, 2.75) is 50.0 Å². The van der Waals surface area contributed by atoms with Crippen molar-refractivity contribution in [3.63, 3.8) is 0 Å². The fourth-order valence-corrected chi connectivity index (χ4v) is 3.60. The van der Waals surface area contributed by atoms with Gasteiger partial charge in [0.25, 0.3) is 11.5 Å². The molecule has 7 nitrogen and oxygen atoms in total. The first-order chi connectivity index (χ1) is 11.5. The Morgan fingerprint density at radius 1 is 1.46 bits per heavy atom.